The lowest BCUT2D eigenvalue weighted by Gasteiger charge is -2.34. The molecule has 2 bridgehead atoms. The fourth-order valence-corrected chi connectivity index (χ4v) is 3.55. The molecular formula is C14H13F3N2. The largest absolute Gasteiger partial charge is 0.416 e. The summed E-state index contributed by atoms with van der Waals surface area (Å²) in [6, 6.07) is 4.48. The number of benzene rings is 1. The molecule has 2 aliphatic heterocycles. The SMILES string of the molecule is FC(F)(F)c1ccc2c(c1)N=C1C3CCC(C3)N1C2. The summed E-state index contributed by atoms with van der Waals surface area (Å²) in [4.78, 5) is 6.79. The molecule has 1 aromatic carbocycles. The van der Waals surface area contributed by atoms with Gasteiger partial charge >= 0.3 is 6.18 Å². The minimum atomic E-state index is -4.29. The van der Waals surface area contributed by atoms with Crippen molar-refractivity contribution in [1.29, 1.82) is 0 Å². The van der Waals surface area contributed by atoms with Crippen molar-refractivity contribution in [3.8, 4) is 0 Å². The maximum atomic E-state index is 12.7. The van der Waals surface area contributed by atoms with Gasteiger partial charge in [0.25, 0.3) is 0 Å². The lowest BCUT2D eigenvalue weighted by atomic mass is 10.0. The van der Waals surface area contributed by atoms with Gasteiger partial charge in [0.1, 0.15) is 5.84 Å². The van der Waals surface area contributed by atoms with Gasteiger partial charge in [-0.3, -0.25) is 0 Å². The quantitative estimate of drug-likeness (QED) is 0.698. The number of hydrogen-bond donors (Lipinski definition) is 0. The molecule has 19 heavy (non-hydrogen) atoms. The van der Waals surface area contributed by atoms with Crippen LogP contribution in [0, 0.1) is 5.92 Å². The van der Waals surface area contributed by atoms with E-state index in [0.29, 0.717) is 24.2 Å². The lowest BCUT2D eigenvalue weighted by molar-refractivity contribution is -0.137. The summed E-state index contributed by atoms with van der Waals surface area (Å²) in [6.07, 6.45) is -0.839. The molecular weight excluding hydrogens is 253 g/mol. The standard InChI is InChI=1S/C14H13F3N2/c15-14(16,17)10-3-1-9-7-19-11-4-2-8(5-11)13(19)18-12(9)6-10/h1,3,6,8,11H,2,4-5,7H2. The van der Waals surface area contributed by atoms with E-state index in [2.05, 4.69) is 9.89 Å². The van der Waals surface area contributed by atoms with Gasteiger partial charge in [-0.05, 0) is 37.0 Å². The van der Waals surface area contributed by atoms with Crippen LogP contribution >= 0.6 is 0 Å². The monoisotopic (exact) mass is 266 g/mol. The molecule has 4 rings (SSSR count). The van der Waals surface area contributed by atoms with Crippen molar-refractivity contribution < 1.29 is 13.2 Å². The summed E-state index contributed by atoms with van der Waals surface area (Å²) in [6.45, 7) is 0.716. The van der Waals surface area contributed by atoms with Crippen molar-refractivity contribution in [3.05, 3.63) is 29.3 Å². The van der Waals surface area contributed by atoms with Crippen LogP contribution in [0.15, 0.2) is 23.2 Å². The van der Waals surface area contributed by atoms with Gasteiger partial charge in [-0.1, -0.05) is 6.07 Å². The van der Waals surface area contributed by atoms with Crippen LogP contribution in [-0.2, 0) is 12.7 Å². The number of fused-ring (bicyclic) bond motifs is 6. The molecule has 0 spiro atoms. The molecule has 2 fully saturated rings. The summed E-state index contributed by atoms with van der Waals surface area (Å²) in [5.41, 5.74) is 0.810. The zero-order chi connectivity index (χ0) is 13.2. The van der Waals surface area contributed by atoms with Gasteiger partial charge in [-0.25, -0.2) is 4.99 Å². The Morgan fingerprint density at radius 2 is 2.05 bits per heavy atom. The molecule has 0 aromatic heterocycles. The number of rotatable bonds is 0. The van der Waals surface area contributed by atoms with Crippen LogP contribution in [0.5, 0.6) is 0 Å². The van der Waals surface area contributed by atoms with E-state index in [1.807, 2.05) is 0 Å². The minimum Gasteiger partial charge on any atom is -0.352 e. The third kappa shape index (κ3) is 1.60. The summed E-state index contributed by atoms with van der Waals surface area (Å²) in [5.74, 6) is 1.48. The van der Waals surface area contributed by atoms with E-state index in [1.54, 1.807) is 6.07 Å². The van der Waals surface area contributed by atoms with Gasteiger partial charge in [0.05, 0.1) is 11.3 Å². The number of nitrogens with zero attached hydrogens (tertiary/aromatic N) is 2. The van der Waals surface area contributed by atoms with E-state index in [-0.39, 0.29) is 0 Å². The molecule has 1 saturated heterocycles. The van der Waals surface area contributed by atoms with Crippen LogP contribution in [0.25, 0.3) is 0 Å². The number of alkyl halides is 3. The minimum absolute atomic E-state index is 0.465. The fourth-order valence-electron chi connectivity index (χ4n) is 3.55. The maximum absolute atomic E-state index is 12.7. The Morgan fingerprint density at radius 1 is 1.21 bits per heavy atom. The first kappa shape index (κ1) is 11.3. The average molecular weight is 266 g/mol. The van der Waals surface area contributed by atoms with E-state index in [1.165, 1.54) is 12.5 Å². The fraction of sp³-hybridized carbons (Fsp3) is 0.500. The van der Waals surface area contributed by atoms with Crippen LogP contribution in [0.1, 0.15) is 30.4 Å². The molecule has 1 aliphatic carbocycles. The van der Waals surface area contributed by atoms with E-state index in [4.69, 9.17) is 0 Å². The van der Waals surface area contributed by atoms with Gasteiger partial charge in [0, 0.05) is 18.5 Å². The van der Waals surface area contributed by atoms with Gasteiger partial charge < -0.3 is 4.90 Å². The van der Waals surface area contributed by atoms with E-state index in [9.17, 15) is 13.2 Å². The Bertz CT molecular complexity index is 577. The number of piperidine rings is 1. The molecule has 1 saturated carbocycles. The van der Waals surface area contributed by atoms with Crippen molar-refractivity contribution in [1.82, 2.24) is 4.90 Å². The van der Waals surface area contributed by atoms with E-state index in [0.717, 1.165) is 30.3 Å². The smallest absolute Gasteiger partial charge is 0.352 e. The number of halogens is 3. The van der Waals surface area contributed by atoms with Crippen molar-refractivity contribution >= 4 is 11.5 Å². The zero-order valence-corrected chi connectivity index (χ0v) is 10.2. The van der Waals surface area contributed by atoms with Crippen molar-refractivity contribution in [2.75, 3.05) is 0 Å². The molecule has 100 valence electrons. The van der Waals surface area contributed by atoms with Crippen molar-refractivity contribution in [3.63, 3.8) is 0 Å². The van der Waals surface area contributed by atoms with Crippen molar-refractivity contribution in [2.45, 2.75) is 38.0 Å². The molecule has 0 N–H and O–H groups in total. The molecule has 2 nitrogen and oxygen atoms in total. The highest BCUT2D eigenvalue weighted by Gasteiger charge is 2.44. The molecule has 2 heterocycles. The second-order valence-corrected chi connectivity index (χ2v) is 5.60. The second-order valence-electron chi connectivity index (χ2n) is 5.60. The Balaban J connectivity index is 1.78. The van der Waals surface area contributed by atoms with Crippen LogP contribution in [0.2, 0.25) is 0 Å². The Labute approximate surface area is 108 Å². The summed E-state index contributed by atoms with van der Waals surface area (Å²) < 4.78 is 38.2. The van der Waals surface area contributed by atoms with Gasteiger partial charge in [-0.15, -0.1) is 0 Å². The topological polar surface area (TPSA) is 15.6 Å². The highest BCUT2D eigenvalue weighted by atomic mass is 19.4. The van der Waals surface area contributed by atoms with Gasteiger partial charge in [-0.2, -0.15) is 13.2 Å². The molecule has 0 amide bonds. The molecule has 5 heteroatoms. The first-order chi connectivity index (χ1) is 9.02. The Hall–Kier alpha value is -1.52. The highest BCUT2D eigenvalue weighted by molar-refractivity contribution is 5.92. The summed E-state index contributed by atoms with van der Waals surface area (Å²) in [7, 11) is 0. The number of amidine groups is 1. The first-order valence-corrected chi connectivity index (χ1v) is 6.58. The summed E-state index contributed by atoms with van der Waals surface area (Å²) in [5, 5.41) is 0. The van der Waals surface area contributed by atoms with Crippen molar-refractivity contribution in [2.24, 2.45) is 10.9 Å². The Morgan fingerprint density at radius 3 is 2.84 bits per heavy atom. The molecule has 3 aliphatic rings. The maximum Gasteiger partial charge on any atom is 0.416 e. The highest BCUT2D eigenvalue weighted by Crippen LogP contribution is 2.45. The average Bonchev–Trinajstić information content (AvgIpc) is 2.96. The predicted molar refractivity (Wildman–Crippen MR) is 65.2 cm³/mol. The summed E-state index contributed by atoms with van der Waals surface area (Å²) >= 11 is 0. The van der Waals surface area contributed by atoms with Crippen LogP contribution in [-0.4, -0.2) is 16.8 Å². The third-order valence-electron chi connectivity index (χ3n) is 4.49. The first-order valence-electron chi connectivity index (χ1n) is 6.58. The normalized spacial score (nSPS) is 28.2. The van der Waals surface area contributed by atoms with Crippen LogP contribution in [0.3, 0.4) is 0 Å². The third-order valence-corrected chi connectivity index (χ3v) is 4.49. The second kappa shape index (κ2) is 3.52. The molecule has 2 atom stereocenters. The van der Waals surface area contributed by atoms with Crippen LogP contribution in [0.4, 0.5) is 18.9 Å². The van der Waals surface area contributed by atoms with Gasteiger partial charge in [0.15, 0.2) is 0 Å². The Kier molecular flexibility index (Phi) is 2.10. The molecule has 2 unspecified atom stereocenters. The van der Waals surface area contributed by atoms with E-state index < -0.39 is 11.7 Å². The number of hydrogen-bond acceptors (Lipinski definition) is 2. The lowest BCUT2D eigenvalue weighted by Crippen LogP contribution is -2.38. The zero-order valence-electron chi connectivity index (χ0n) is 10.2. The van der Waals surface area contributed by atoms with E-state index >= 15 is 0 Å². The molecule has 1 aromatic rings. The number of aliphatic imine (C=N–C) groups is 1. The van der Waals surface area contributed by atoms with Gasteiger partial charge in [0.2, 0.25) is 0 Å². The predicted octanol–water partition coefficient (Wildman–Crippen LogP) is 3.73. The van der Waals surface area contributed by atoms with Crippen LogP contribution < -0.4 is 0 Å². The molecule has 0 radical (unpaired) electrons.